The zero-order valence-corrected chi connectivity index (χ0v) is 11.4. The summed E-state index contributed by atoms with van der Waals surface area (Å²) >= 11 is 0. The zero-order valence-electron chi connectivity index (χ0n) is 11.4. The highest BCUT2D eigenvalue weighted by Crippen LogP contribution is 2.07. The first-order valence-corrected chi connectivity index (χ1v) is 6.49. The summed E-state index contributed by atoms with van der Waals surface area (Å²) in [5.74, 6) is -0.524. The predicted molar refractivity (Wildman–Crippen MR) is 72.6 cm³/mol. The highest BCUT2D eigenvalue weighted by Gasteiger charge is 2.20. The molecule has 1 fully saturated rings. The van der Waals surface area contributed by atoms with E-state index in [1.807, 2.05) is 0 Å². The number of benzene rings is 1. The van der Waals surface area contributed by atoms with Gasteiger partial charge in [-0.05, 0) is 25.2 Å². The van der Waals surface area contributed by atoms with Crippen molar-refractivity contribution >= 4 is 5.91 Å². The van der Waals surface area contributed by atoms with Crippen molar-refractivity contribution in [3.05, 3.63) is 35.6 Å². The van der Waals surface area contributed by atoms with E-state index < -0.39 is 0 Å². The van der Waals surface area contributed by atoms with E-state index in [4.69, 9.17) is 0 Å². The summed E-state index contributed by atoms with van der Waals surface area (Å²) in [6.07, 6.45) is 0. The predicted octanol–water partition coefficient (Wildman–Crippen LogP) is 0.801. The molecule has 4 nitrogen and oxygen atoms in total. The van der Waals surface area contributed by atoms with Gasteiger partial charge in [-0.25, -0.2) is 4.39 Å². The van der Waals surface area contributed by atoms with Crippen molar-refractivity contribution in [2.45, 2.75) is 6.04 Å². The Morgan fingerprint density at radius 1 is 1.58 bits per heavy atom. The average molecular weight is 265 g/mol. The third-order valence-electron chi connectivity index (χ3n) is 3.37. The largest absolute Gasteiger partial charge is 0.340 e. The normalized spacial score (nSPS) is 20.3. The molecule has 0 bridgehead atoms. The third kappa shape index (κ3) is 3.75. The summed E-state index contributed by atoms with van der Waals surface area (Å²) in [4.78, 5) is 16.1. The molecule has 0 spiro atoms. The molecular formula is C14H20FN3O. The Labute approximate surface area is 113 Å². The fourth-order valence-electron chi connectivity index (χ4n) is 2.37. The summed E-state index contributed by atoms with van der Waals surface area (Å²) in [7, 11) is 3.83. The molecule has 1 aromatic carbocycles. The van der Waals surface area contributed by atoms with Crippen LogP contribution in [-0.4, -0.2) is 62.0 Å². The molecule has 1 saturated heterocycles. The Kier molecular flexibility index (Phi) is 4.50. The van der Waals surface area contributed by atoms with Crippen LogP contribution in [0, 0.1) is 5.82 Å². The minimum absolute atomic E-state index is 0.144. The lowest BCUT2D eigenvalue weighted by Gasteiger charge is -2.33. The van der Waals surface area contributed by atoms with Crippen LogP contribution in [0.2, 0.25) is 0 Å². The number of rotatable bonds is 3. The van der Waals surface area contributed by atoms with Crippen LogP contribution < -0.4 is 5.32 Å². The van der Waals surface area contributed by atoms with Crippen LogP contribution in [0.4, 0.5) is 4.39 Å². The molecule has 0 aliphatic carbocycles. The van der Waals surface area contributed by atoms with Crippen LogP contribution in [0.25, 0.3) is 0 Å². The fourth-order valence-corrected chi connectivity index (χ4v) is 2.37. The summed E-state index contributed by atoms with van der Waals surface area (Å²) in [6.45, 7) is 3.50. The molecule has 1 aromatic rings. The average Bonchev–Trinajstić information content (AvgIpc) is 2.38. The minimum atomic E-state index is -0.380. The van der Waals surface area contributed by atoms with Crippen molar-refractivity contribution in [1.82, 2.24) is 15.1 Å². The third-order valence-corrected chi connectivity index (χ3v) is 3.37. The highest BCUT2D eigenvalue weighted by atomic mass is 19.1. The van der Waals surface area contributed by atoms with E-state index in [0.29, 0.717) is 12.1 Å². The number of amides is 1. The second-order valence-corrected chi connectivity index (χ2v) is 5.11. The number of halogens is 1. The van der Waals surface area contributed by atoms with E-state index in [2.05, 4.69) is 17.3 Å². The van der Waals surface area contributed by atoms with E-state index >= 15 is 0 Å². The van der Waals surface area contributed by atoms with E-state index in [1.165, 1.54) is 12.1 Å². The first kappa shape index (κ1) is 14.0. The van der Waals surface area contributed by atoms with Crippen LogP contribution in [0.1, 0.15) is 10.4 Å². The van der Waals surface area contributed by atoms with Crippen LogP contribution in [0.15, 0.2) is 24.3 Å². The molecule has 1 aliphatic heterocycles. The van der Waals surface area contributed by atoms with Gasteiger partial charge in [0, 0.05) is 44.8 Å². The molecule has 5 heteroatoms. The molecule has 1 atom stereocenters. The number of hydrogen-bond donors (Lipinski definition) is 1. The Bertz CT molecular complexity index is 452. The van der Waals surface area contributed by atoms with Gasteiger partial charge in [0.15, 0.2) is 0 Å². The highest BCUT2D eigenvalue weighted by molar-refractivity contribution is 5.94. The number of piperazine rings is 1. The second kappa shape index (κ2) is 6.12. The number of likely N-dealkylation sites (N-methyl/N-ethyl adjacent to an activating group) is 2. The Morgan fingerprint density at radius 3 is 3.05 bits per heavy atom. The molecular weight excluding hydrogens is 245 g/mol. The van der Waals surface area contributed by atoms with Crippen molar-refractivity contribution in [3.63, 3.8) is 0 Å². The lowest BCUT2D eigenvalue weighted by Crippen LogP contribution is -2.53. The number of hydrogen-bond acceptors (Lipinski definition) is 3. The van der Waals surface area contributed by atoms with Crippen LogP contribution in [-0.2, 0) is 0 Å². The lowest BCUT2D eigenvalue weighted by atomic mass is 10.1. The van der Waals surface area contributed by atoms with Crippen molar-refractivity contribution in [1.29, 1.82) is 0 Å². The topological polar surface area (TPSA) is 35.6 Å². The fraction of sp³-hybridized carbons (Fsp3) is 0.500. The van der Waals surface area contributed by atoms with Crippen molar-refractivity contribution in [2.75, 3.05) is 40.3 Å². The molecule has 0 saturated carbocycles. The van der Waals surface area contributed by atoms with E-state index in [0.717, 1.165) is 19.6 Å². The first-order chi connectivity index (χ1) is 9.06. The number of carbonyl (C=O) groups excluding carboxylic acids is 1. The van der Waals surface area contributed by atoms with Crippen LogP contribution >= 0.6 is 0 Å². The lowest BCUT2D eigenvalue weighted by molar-refractivity contribution is 0.0763. The molecule has 19 heavy (non-hydrogen) atoms. The van der Waals surface area contributed by atoms with Gasteiger partial charge < -0.3 is 15.1 Å². The molecule has 104 valence electrons. The van der Waals surface area contributed by atoms with Crippen LogP contribution in [0.3, 0.4) is 0 Å². The molecule has 1 aliphatic rings. The standard InChI is InChI=1S/C14H20FN3O/c1-17-7-6-16-13(9-17)10-18(2)14(19)11-4-3-5-12(15)8-11/h3-5,8,13,16H,6-7,9-10H2,1-2H3. The quantitative estimate of drug-likeness (QED) is 0.878. The number of nitrogens with zero attached hydrogens (tertiary/aromatic N) is 2. The first-order valence-electron chi connectivity index (χ1n) is 6.49. The maximum atomic E-state index is 13.1. The van der Waals surface area contributed by atoms with Gasteiger partial charge >= 0.3 is 0 Å². The van der Waals surface area contributed by atoms with E-state index in [9.17, 15) is 9.18 Å². The summed E-state index contributed by atoms with van der Waals surface area (Å²) in [5, 5.41) is 3.39. The summed E-state index contributed by atoms with van der Waals surface area (Å²) in [5.41, 5.74) is 0.395. The molecule has 1 heterocycles. The maximum Gasteiger partial charge on any atom is 0.253 e. The van der Waals surface area contributed by atoms with Gasteiger partial charge in [0.05, 0.1) is 0 Å². The van der Waals surface area contributed by atoms with Gasteiger partial charge in [-0.1, -0.05) is 6.07 Å². The van der Waals surface area contributed by atoms with Gasteiger partial charge in [0.25, 0.3) is 5.91 Å². The van der Waals surface area contributed by atoms with Crippen molar-refractivity contribution in [3.8, 4) is 0 Å². The molecule has 0 aromatic heterocycles. The Hall–Kier alpha value is -1.46. The minimum Gasteiger partial charge on any atom is -0.340 e. The summed E-state index contributed by atoms with van der Waals surface area (Å²) in [6, 6.07) is 6.08. The molecule has 1 unspecified atom stereocenters. The van der Waals surface area contributed by atoms with E-state index in [-0.39, 0.29) is 17.8 Å². The zero-order chi connectivity index (χ0) is 13.8. The second-order valence-electron chi connectivity index (χ2n) is 5.11. The Balaban J connectivity index is 1.95. The molecule has 0 radical (unpaired) electrons. The monoisotopic (exact) mass is 265 g/mol. The van der Waals surface area contributed by atoms with E-state index in [1.54, 1.807) is 24.1 Å². The maximum absolute atomic E-state index is 13.1. The van der Waals surface area contributed by atoms with Gasteiger partial charge in [-0.3, -0.25) is 4.79 Å². The number of carbonyl (C=O) groups is 1. The van der Waals surface area contributed by atoms with Crippen molar-refractivity contribution in [2.24, 2.45) is 0 Å². The SMILES string of the molecule is CN1CCNC(CN(C)C(=O)c2cccc(F)c2)C1. The molecule has 1 amide bonds. The van der Waals surface area contributed by atoms with Crippen molar-refractivity contribution < 1.29 is 9.18 Å². The van der Waals surface area contributed by atoms with Crippen LogP contribution in [0.5, 0.6) is 0 Å². The molecule has 2 rings (SSSR count). The molecule has 1 N–H and O–H groups in total. The number of nitrogens with one attached hydrogen (secondary N) is 1. The summed E-state index contributed by atoms with van der Waals surface area (Å²) < 4.78 is 13.1. The van der Waals surface area contributed by atoms with Gasteiger partial charge in [0.1, 0.15) is 5.82 Å². The van der Waals surface area contributed by atoms with Gasteiger partial charge in [-0.15, -0.1) is 0 Å². The van der Waals surface area contributed by atoms with Gasteiger partial charge in [-0.2, -0.15) is 0 Å². The van der Waals surface area contributed by atoms with Gasteiger partial charge in [0.2, 0.25) is 0 Å². The Morgan fingerprint density at radius 2 is 2.37 bits per heavy atom. The smallest absolute Gasteiger partial charge is 0.253 e.